The Kier molecular flexibility index (Phi) is 16.3. The zero-order chi connectivity index (χ0) is 16.5. The molecule has 4 nitrogen and oxygen atoms in total. The molecule has 0 saturated heterocycles. The van der Waals surface area contributed by atoms with Crippen LogP contribution in [0.15, 0.2) is 0 Å². The molecule has 0 amide bonds. The molecule has 0 radical (unpaired) electrons. The SMILES string of the molecule is CCCCCCCCCCCC(=O)OOC(=O)CCCCBr. The largest absolute Gasteiger partial charge is 0.355 e. The minimum atomic E-state index is -0.471. The molecule has 5 heteroatoms. The number of unbranched alkanes of at least 4 members (excludes halogenated alkanes) is 9. The Morgan fingerprint density at radius 3 is 1.55 bits per heavy atom. The van der Waals surface area contributed by atoms with E-state index < -0.39 is 11.9 Å². The molecule has 22 heavy (non-hydrogen) atoms. The molecule has 0 aromatic rings. The van der Waals surface area contributed by atoms with Gasteiger partial charge in [-0.2, -0.15) is 0 Å². The smallest absolute Gasteiger partial charge is 0.247 e. The Morgan fingerprint density at radius 1 is 0.682 bits per heavy atom. The van der Waals surface area contributed by atoms with Crippen LogP contribution in [0.4, 0.5) is 0 Å². The minimum absolute atomic E-state index is 0.289. The van der Waals surface area contributed by atoms with Crippen molar-refractivity contribution in [2.45, 2.75) is 90.4 Å². The van der Waals surface area contributed by atoms with Crippen molar-refractivity contribution < 1.29 is 19.4 Å². The first-order valence-corrected chi connectivity index (χ1v) is 9.79. The molecule has 0 fully saturated rings. The van der Waals surface area contributed by atoms with Gasteiger partial charge in [0.2, 0.25) is 0 Å². The van der Waals surface area contributed by atoms with Crippen molar-refractivity contribution in [1.82, 2.24) is 0 Å². The van der Waals surface area contributed by atoms with E-state index in [1.165, 1.54) is 38.5 Å². The third-order valence-electron chi connectivity index (χ3n) is 3.48. The summed E-state index contributed by atoms with van der Waals surface area (Å²) in [6, 6.07) is 0. The van der Waals surface area contributed by atoms with Crippen molar-refractivity contribution in [2.24, 2.45) is 0 Å². The first-order chi connectivity index (χ1) is 10.7. The summed E-state index contributed by atoms with van der Waals surface area (Å²) >= 11 is 3.29. The Morgan fingerprint density at radius 2 is 1.09 bits per heavy atom. The second kappa shape index (κ2) is 16.8. The van der Waals surface area contributed by atoms with Crippen LogP contribution in [0.2, 0.25) is 0 Å². The molecule has 0 aliphatic carbocycles. The van der Waals surface area contributed by atoms with Gasteiger partial charge >= 0.3 is 11.9 Å². The van der Waals surface area contributed by atoms with E-state index in [0.29, 0.717) is 6.42 Å². The van der Waals surface area contributed by atoms with Gasteiger partial charge in [0, 0.05) is 5.33 Å². The highest BCUT2D eigenvalue weighted by Crippen LogP contribution is 2.11. The molecule has 0 bridgehead atoms. The van der Waals surface area contributed by atoms with Crippen LogP contribution in [-0.2, 0) is 19.4 Å². The van der Waals surface area contributed by atoms with Crippen LogP contribution in [0.1, 0.15) is 90.4 Å². The predicted octanol–water partition coefficient (Wildman–Crippen LogP) is 5.47. The van der Waals surface area contributed by atoms with Gasteiger partial charge in [-0.05, 0) is 19.3 Å². The minimum Gasteiger partial charge on any atom is -0.247 e. The summed E-state index contributed by atoms with van der Waals surface area (Å²) in [6.45, 7) is 2.22. The van der Waals surface area contributed by atoms with Crippen molar-refractivity contribution >= 4 is 27.9 Å². The summed E-state index contributed by atoms with van der Waals surface area (Å²) in [5, 5.41) is 0.860. The van der Waals surface area contributed by atoms with E-state index in [9.17, 15) is 9.59 Å². The highest BCUT2D eigenvalue weighted by atomic mass is 79.9. The maximum atomic E-state index is 11.4. The fourth-order valence-electron chi connectivity index (χ4n) is 2.12. The maximum Gasteiger partial charge on any atom is 0.355 e. The summed E-state index contributed by atoms with van der Waals surface area (Å²) in [4.78, 5) is 31.6. The molecule has 0 unspecified atom stereocenters. The number of carbonyl (C=O) groups is 2. The monoisotopic (exact) mass is 378 g/mol. The lowest BCUT2D eigenvalue weighted by molar-refractivity contribution is -0.259. The highest BCUT2D eigenvalue weighted by Gasteiger charge is 2.09. The third-order valence-corrected chi connectivity index (χ3v) is 4.04. The van der Waals surface area contributed by atoms with Gasteiger partial charge < -0.3 is 0 Å². The van der Waals surface area contributed by atoms with Crippen LogP contribution in [0, 0.1) is 0 Å². The van der Waals surface area contributed by atoms with Crippen LogP contribution in [0.25, 0.3) is 0 Å². The van der Waals surface area contributed by atoms with Crippen LogP contribution in [-0.4, -0.2) is 17.3 Å². The van der Waals surface area contributed by atoms with Crippen molar-refractivity contribution in [1.29, 1.82) is 0 Å². The zero-order valence-corrected chi connectivity index (χ0v) is 15.5. The lowest BCUT2D eigenvalue weighted by Gasteiger charge is -2.03. The molecule has 0 spiro atoms. The quantitative estimate of drug-likeness (QED) is 0.174. The number of alkyl halides is 1. The number of hydrogen-bond acceptors (Lipinski definition) is 4. The molecular formula is C17H31BrO4. The molecule has 0 atom stereocenters. The molecule has 130 valence electrons. The molecule has 0 rings (SSSR count). The van der Waals surface area contributed by atoms with E-state index in [4.69, 9.17) is 0 Å². The molecule has 0 aliphatic rings. The molecule has 0 aliphatic heterocycles. The summed E-state index contributed by atoms with van der Waals surface area (Å²) in [6.07, 6.45) is 13.0. The van der Waals surface area contributed by atoms with E-state index in [-0.39, 0.29) is 6.42 Å². The van der Waals surface area contributed by atoms with Gasteiger partial charge in [0.25, 0.3) is 0 Å². The van der Waals surface area contributed by atoms with Gasteiger partial charge in [-0.15, -0.1) is 0 Å². The maximum absolute atomic E-state index is 11.4. The van der Waals surface area contributed by atoms with Crippen LogP contribution >= 0.6 is 15.9 Å². The Bertz CT molecular complexity index is 282. The number of carbonyl (C=O) groups excluding carboxylic acids is 2. The van der Waals surface area contributed by atoms with E-state index in [2.05, 4.69) is 32.6 Å². The predicted molar refractivity (Wildman–Crippen MR) is 91.7 cm³/mol. The van der Waals surface area contributed by atoms with E-state index in [1.807, 2.05) is 0 Å². The van der Waals surface area contributed by atoms with Gasteiger partial charge in [0.1, 0.15) is 0 Å². The van der Waals surface area contributed by atoms with Gasteiger partial charge in [-0.3, -0.25) is 0 Å². The molecule has 0 aromatic heterocycles. The lowest BCUT2D eigenvalue weighted by atomic mass is 10.1. The number of hydrogen-bond donors (Lipinski definition) is 0. The molecule has 0 aromatic carbocycles. The topological polar surface area (TPSA) is 52.6 Å². The molecule has 0 heterocycles. The molecule has 0 saturated carbocycles. The Hall–Kier alpha value is -0.580. The van der Waals surface area contributed by atoms with Crippen molar-refractivity contribution in [2.75, 3.05) is 5.33 Å². The normalized spacial score (nSPS) is 10.5. The number of rotatable bonds is 14. The Balaban J connectivity index is 3.30. The average Bonchev–Trinajstić information content (AvgIpc) is 2.51. The average molecular weight is 379 g/mol. The van der Waals surface area contributed by atoms with Crippen LogP contribution < -0.4 is 0 Å². The Labute approximate surface area is 143 Å². The van der Waals surface area contributed by atoms with Crippen molar-refractivity contribution in [3.63, 3.8) is 0 Å². The van der Waals surface area contributed by atoms with Crippen molar-refractivity contribution in [3.8, 4) is 0 Å². The highest BCUT2D eigenvalue weighted by molar-refractivity contribution is 9.09. The fourth-order valence-corrected chi connectivity index (χ4v) is 2.52. The fraction of sp³-hybridized carbons (Fsp3) is 0.882. The summed E-state index contributed by atoms with van der Waals surface area (Å²) < 4.78 is 0. The number of halogens is 1. The zero-order valence-electron chi connectivity index (χ0n) is 13.9. The van der Waals surface area contributed by atoms with Crippen molar-refractivity contribution in [3.05, 3.63) is 0 Å². The summed E-state index contributed by atoms with van der Waals surface area (Å²) in [7, 11) is 0. The van der Waals surface area contributed by atoms with Gasteiger partial charge in [0.05, 0.1) is 12.8 Å². The standard InChI is InChI=1S/C17H31BrO4/c1-2-3-4-5-6-7-8-9-10-13-16(19)21-22-17(20)14-11-12-15-18/h2-15H2,1H3. The van der Waals surface area contributed by atoms with Gasteiger partial charge in [0.15, 0.2) is 0 Å². The summed E-state index contributed by atoms with van der Waals surface area (Å²) in [5.74, 6) is -0.918. The molecule has 0 N–H and O–H groups in total. The van der Waals surface area contributed by atoms with Gasteiger partial charge in [-0.1, -0.05) is 74.2 Å². The summed E-state index contributed by atoms with van der Waals surface area (Å²) in [5.41, 5.74) is 0. The first-order valence-electron chi connectivity index (χ1n) is 8.66. The van der Waals surface area contributed by atoms with Crippen LogP contribution in [0.5, 0.6) is 0 Å². The second-order valence-corrected chi connectivity index (χ2v) is 6.43. The first kappa shape index (κ1) is 21.4. The molecular weight excluding hydrogens is 348 g/mol. The second-order valence-electron chi connectivity index (χ2n) is 5.64. The van der Waals surface area contributed by atoms with Crippen LogP contribution in [0.3, 0.4) is 0 Å². The lowest BCUT2D eigenvalue weighted by Crippen LogP contribution is -2.11. The van der Waals surface area contributed by atoms with E-state index >= 15 is 0 Å². The van der Waals surface area contributed by atoms with E-state index in [0.717, 1.165) is 37.4 Å². The third kappa shape index (κ3) is 15.8. The van der Waals surface area contributed by atoms with Gasteiger partial charge in [-0.25, -0.2) is 19.4 Å². The van der Waals surface area contributed by atoms with E-state index in [1.54, 1.807) is 0 Å².